The predicted molar refractivity (Wildman–Crippen MR) is 97.4 cm³/mol. The molecule has 7 nitrogen and oxygen atoms in total. The standard InChI is InChI=1S/C14H18N4O3S2.ClH/c1-18(2)23(20,21)11-5-3-4-10(8-11)16-14(19)12-9-22-13(17-12)6-7-15;/h3-5,8-9H,6-7,15H2,1-2H3,(H,16,19);1H. The van der Waals surface area contributed by atoms with Gasteiger partial charge in [-0.1, -0.05) is 6.07 Å². The number of benzene rings is 1. The van der Waals surface area contributed by atoms with Crippen molar-refractivity contribution in [3.8, 4) is 0 Å². The van der Waals surface area contributed by atoms with Gasteiger partial charge in [-0.2, -0.15) is 0 Å². The van der Waals surface area contributed by atoms with Crippen molar-refractivity contribution in [1.29, 1.82) is 0 Å². The summed E-state index contributed by atoms with van der Waals surface area (Å²) >= 11 is 1.37. The highest BCUT2D eigenvalue weighted by Crippen LogP contribution is 2.19. The molecule has 0 saturated carbocycles. The van der Waals surface area contributed by atoms with Gasteiger partial charge in [0.1, 0.15) is 5.69 Å². The third kappa shape index (κ3) is 4.74. The van der Waals surface area contributed by atoms with Gasteiger partial charge in [0, 0.05) is 31.6 Å². The number of hydrogen-bond donors (Lipinski definition) is 2. The predicted octanol–water partition coefficient (Wildman–Crippen LogP) is 1.57. The van der Waals surface area contributed by atoms with Crippen molar-refractivity contribution in [2.24, 2.45) is 5.73 Å². The minimum atomic E-state index is -3.55. The van der Waals surface area contributed by atoms with Crippen molar-refractivity contribution in [1.82, 2.24) is 9.29 Å². The molecule has 1 aromatic heterocycles. The van der Waals surface area contributed by atoms with Gasteiger partial charge >= 0.3 is 0 Å². The SMILES string of the molecule is CN(C)S(=O)(=O)c1cccc(NC(=O)c2csc(CCN)n2)c1.Cl. The molecule has 0 radical (unpaired) electrons. The Kier molecular flexibility index (Phi) is 7.30. The quantitative estimate of drug-likeness (QED) is 0.778. The van der Waals surface area contributed by atoms with Crippen LogP contribution in [0.25, 0.3) is 0 Å². The number of rotatable bonds is 6. The molecular formula is C14H19ClN4O3S2. The van der Waals surface area contributed by atoms with E-state index >= 15 is 0 Å². The molecule has 0 atom stereocenters. The van der Waals surface area contributed by atoms with Crippen molar-refractivity contribution < 1.29 is 13.2 Å². The Labute approximate surface area is 151 Å². The second kappa shape index (κ2) is 8.54. The van der Waals surface area contributed by atoms with Crippen LogP contribution in [0.15, 0.2) is 34.5 Å². The summed E-state index contributed by atoms with van der Waals surface area (Å²) in [7, 11) is -0.642. The third-order valence-corrected chi connectivity index (χ3v) is 5.73. The fourth-order valence-electron chi connectivity index (χ4n) is 1.79. The van der Waals surface area contributed by atoms with E-state index in [1.54, 1.807) is 17.5 Å². The van der Waals surface area contributed by atoms with Crippen LogP contribution in [0.2, 0.25) is 0 Å². The van der Waals surface area contributed by atoms with E-state index in [2.05, 4.69) is 10.3 Å². The average molecular weight is 391 g/mol. The molecule has 0 unspecified atom stereocenters. The molecule has 0 aliphatic carbocycles. The fraction of sp³-hybridized carbons (Fsp3) is 0.286. The molecule has 132 valence electrons. The number of nitrogens with zero attached hydrogens (tertiary/aromatic N) is 2. The number of anilines is 1. The number of carbonyl (C=O) groups is 1. The summed E-state index contributed by atoms with van der Waals surface area (Å²) in [6, 6.07) is 6.10. The van der Waals surface area contributed by atoms with E-state index in [1.165, 1.54) is 37.6 Å². The van der Waals surface area contributed by atoms with Crippen molar-refractivity contribution in [3.63, 3.8) is 0 Å². The lowest BCUT2D eigenvalue weighted by Crippen LogP contribution is -2.22. The lowest BCUT2D eigenvalue weighted by Gasteiger charge is -2.12. The second-order valence-electron chi connectivity index (χ2n) is 4.93. The van der Waals surface area contributed by atoms with Gasteiger partial charge in [-0.15, -0.1) is 23.7 Å². The van der Waals surface area contributed by atoms with Crippen molar-refractivity contribution in [2.45, 2.75) is 11.3 Å². The molecule has 1 amide bonds. The van der Waals surface area contributed by atoms with Crippen LogP contribution in [-0.4, -0.2) is 44.3 Å². The topological polar surface area (TPSA) is 105 Å². The fourth-order valence-corrected chi connectivity index (χ4v) is 3.54. The first-order valence-corrected chi connectivity index (χ1v) is 9.15. The largest absolute Gasteiger partial charge is 0.330 e. The number of aromatic nitrogens is 1. The maximum Gasteiger partial charge on any atom is 0.275 e. The Bertz CT molecular complexity index is 806. The first-order valence-electron chi connectivity index (χ1n) is 6.83. The van der Waals surface area contributed by atoms with Crippen LogP contribution in [-0.2, 0) is 16.4 Å². The van der Waals surface area contributed by atoms with Gasteiger partial charge in [0.2, 0.25) is 10.0 Å². The number of sulfonamides is 1. The first-order chi connectivity index (χ1) is 10.8. The first kappa shape index (κ1) is 20.5. The zero-order valence-electron chi connectivity index (χ0n) is 13.2. The van der Waals surface area contributed by atoms with E-state index in [1.807, 2.05) is 0 Å². The van der Waals surface area contributed by atoms with E-state index in [0.29, 0.717) is 24.3 Å². The number of amides is 1. The van der Waals surface area contributed by atoms with E-state index < -0.39 is 10.0 Å². The van der Waals surface area contributed by atoms with E-state index in [0.717, 1.165) is 9.31 Å². The van der Waals surface area contributed by atoms with Crippen LogP contribution in [0.1, 0.15) is 15.5 Å². The van der Waals surface area contributed by atoms with E-state index in [9.17, 15) is 13.2 Å². The van der Waals surface area contributed by atoms with Crippen molar-refractivity contribution in [2.75, 3.05) is 26.0 Å². The van der Waals surface area contributed by atoms with Crippen LogP contribution in [0.3, 0.4) is 0 Å². The molecule has 0 spiro atoms. The summed E-state index contributed by atoms with van der Waals surface area (Å²) in [5, 5.41) is 5.10. The molecule has 1 heterocycles. The summed E-state index contributed by atoms with van der Waals surface area (Å²) in [6.07, 6.45) is 0.620. The Hall–Kier alpha value is -1.52. The van der Waals surface area contributed by atoms with Crippen molar-refractivity contribution >= 4 is 45.4 Å². The van der Waals surface area contributed by atoms with Crippen LogP contribution >= 0.6 is 23.7 Å². The highest BCUT2D eigenvalue weighted by Gasteiger charge is 2.18. The molecule has 10 heteroatoms. The zero-order chi connectivity index (χ0) is 17.0. The maximum absolute atomic E-state index is 12.2. The Balaban J connectivity index is 0.00000288. The van der Waals surface area contributed by atoms with E-state index in [4.69, 9.17) is 5.73 Å². The third-order valence-electron chi connectivity index (χ3n) is 3.01. The zero-order valence-corrected chi connectivity index (χ0v) is 15.7. The molecule has 2 aromatic rings. The molecule has 0 fully saturated rings. The summed E-state index contributed by atoms with van der Waals surface area (Å²) in [5.74, 6) is -0.385. The lowest BCUT2D eigenvalue weighted by atomic mass is 10.3. The molecule has 24 heavy (non-hydrogen) atoms. The molecule has 3 N–H and O–H groups in total. The minimum Gasteiger partial charge on any atom is -0.330 e. The summed E-state index contributed by atoms with van der Waals surface area (Å²) < 4.78 is 25.3. The number of hydrogen-bond acceptors (Lipinski definition) is 6. The van der Waals surface area contributed by atoms with Gasteiger partial charge in [-0.3, -0.25) is 4.79 Å². The molecule has 0 aliphatic rings. The summed E-state index contributed by atoms with van der Waals surface area (Å²) in [4.78, 5) is 16.5. The van der Waals surface area contributed by atoms with Gasteiger partial charge < -0.3 is 11.1 Å². The molecular weight excluding hydrogens is 372 g/mol. The number of carbonyl (C=O) groups excluding carboxylic acids is 1. The van der Waals surface area contributed by atoms with Crippen molar-refractivity contribution in [3.05, 3.63) is 40.3 Å². The Morgan fingerprint density at radius 1 is 1.38 bits per heavy atom. The monoisotopic (exact) mass is 390 g/mol. The normalized spacial score (nSPS) is 11.2. The van der Waals surface area contributed by atoms with Gasteiger partial charge in [-0.25, -0.2) is 17.7 Å². The average Bonchev–Trinajstić information content (AvgIpc) is 2.96. The second-order valence-corrected chi connectivity index (χ2v) is 8.03. The minimum absolute atomic E-state index is 0. The lowest BCUT2D eigenvalue weighted by molar-refractivity contribution is 0.102. The van der Waals surface area contributed by atoms with Crippen LogP contribution in [0.4, 0.5) is 5.69 Å². The molecule has 1 aromatic carbocycles. The number of nitrogens with two attached hydrogens (primary N) is 1. The van der Waals surface area contributed by atoms with Gasteiger partial charge in [-0.05, 0) is 24.7 Å². The smallest absolute Gasteiger partial charge is 0.275 e. The molecule has 0 saturated heterocycles. The van der Waals surface area contributed by atoms with Gasteiger partial charge in [0.05, 0.1) is 9.90 Å². The Morgan fingerprint density at radius 3 is 2.71 bits per heavy atom. The molecule has 2 rings (SSSR count). The number of halogens is 1. The molecule has 0 aliphatic heterocycles. The summed E-state index contributed by atoms with van der Waals surface area (Å²) in [6.45, 7) is 0.471. The number of nitrogens with one attached hydrogen (secondary N) is 1. The highest BCUT2D eigenvalue weighted by molar-refractivity contribution is 7.89. The van der Waals surface area contributed by atoms with Crippen LogP contribution in [0.5, 0.6) is 0 Å². The Morgan fingerprint density at radius 2 is 2.08 bits per heavy atom. The van der Waals surface area contributed by atoms with Crippen LogP contribution < -0.4 is 11.1 Å². The molecule has 0 bridgehead atoms. The van der Waals surface area contributed by atoms with Gasteiger partial charge in [0.25, 0.3) is 5.91 Å². The highest BCUT2D eigenvalue weighted by atomic mass is 35.5. The summed E-state index contributed by atoms with van der Waals surface area (Å²) in [5.41, 5.74) is 6.14. The van der Waals surface area contributed by atoms with Crippen LogP contribution in [0, 0.1) is 0 Å². The maximum atomic E-state index is 12.2. The number of thiazole rings is 1. The van der Waals surface area contributed by atoms with Gasteiger partial charge in [0.15, 0.2) is 0 Å². The van der Waals surface area contributed by atoms with E-state index in [-0.39, 0.29) is 23.2 Å².